The SMILES string of the molecule is CCCC1C=C(Cl)C(=O)C(Cl)C1. The van der Waals surface area contributed by atoms with Crippen LogP contribution in [0.25, 0.3) is 0 Å². The van der Waals surface area contributed by atoms with Crippen LogP contribution in [0.2, 0.25) is 0 Å². The van der Waals surface area contributed by atoms with Crippen LogP contribution in [0.4, 0.5) is 0 Å². The molecule has 0 aromatic rings. The van der Waals surface area contributed by atoms with Gasteiger partial charge in [-0.1, -0.05) is 31.0 Å². The highest BCUT2D eigenvalue weighted by Crippen LogP contribution is 2.28. The van der Waals surface area contributed by atoms with Gasteiger partial charge < -0.3 is 0 Å². The van der Waals surface area contributed by atoms with Gasteiger partial charge in [0.25, 0.3) is 0 Å². The summed E-state index contributed by atoms with van der Waals surface area (Å²) < 4.78 is 0. The molecule has 1 aliphatic rings. The van der Waals surface area contributed by atoms with Crippen LogP contribution < -0.4 is 0 Å². The van der Waals surface area contributed by atoms with Crippen molar-refractivity contribution in [3.8, 4) is 0 Å². The van der Waals surface area contributed by atoms with Crippen LogP contribution in [-0.2, 0) is 4.79 Å². The Bertz CT molecular complexity index is 211. The molecule has 0 amide bonds. The van der Waals surface area contributed by atoms with E-state index in [9.17, 15) is 4.79 Å². The quantitative estimate of drug-likeness (QED) is 0.636. The molecule has 0 saturated carbocycles. The van der Waals surface area contributed by atoms with Gasteiger partial charge in [-0.15, -0.1) is 11.6 Å². The lowest BCUT2D eigenvalue weighted by Crippen LogP contribution is -2.23. The number of alkyl halides is 1. The third-order valence-corrected chi connectivity index (χ3v) is 2.76. The minimum atomic E-state index is -0.404. The Hall–Kier alpha value is -0.0100. The summed E-state index contributed by atoms with van der Waals surface area (Å²) in [4.78, 5) is 11.1. The molecule has 12 heavy (non-hydrogen) atoms. The number of rotatable bonds is 2. The van der Waals surface area contributed by atoms with Gasteiger partial charge >= 0.3 is 0 Å². The predicted octanol–water partition coefficient (Wildman–Crippen LogP) is 3.11. The second kappa shape index (κ2) is 4.29. The molecule has 1 aliphatic carbocycles. The Balaban J connectivity index is 2.66. The fourth-order valence-electron chi connectivity index (χ4n) is 1.45. The Labute approximate surface area is 82.7 Å². The van der Waals surface area contributed by atoms with E-state index in [-0.39, 0.29) is 5.78 Å². The molecule has 1 rings (SSSR count). The molecule has 0 spiro atoms. The molecular weight excluding hydrogens is 195 g/mol. The molecule has 2 atom stereocenters. The first-order valence-electron chi connectivity index (χ1n) is 4.20. The van der Waals surface area contributed by atoms with Crippen molar-refractivity contribution >= 4 is 29.0 Å². The first-order chi connectivity index (χ1) is 5.65. The molecule has 0 aliphatic heterocycles. The first kappa shape index (κ1) is 10.1. The number of ketones is 1. The van der Waals surface area contributed by atoms with E-state index in [2.05, 4.69) is 6.92 Å². The number of halogens is 2. The number of carbonyl (C=O) groups is 1. The molecule has 0 heterocycles. The van der Waals surface area contributed by atoms with Crippen LogP contribution in [0.5, 0.6) is 0 Å². The van der Waals surface area contributed by atoms with E-state index in [1.165, 1.54) is 0 Å². The smallest absolute Gasteiger partial charge is 0.191 e. The average molecular weight is 207 g/mol. The molecule has 0 fully saturated rings. The van der Waals surface area contributed by atoms with Gasteiger partial charge in [-0.05, 0) is 18.8 Å². The Morgan fingerprint density at radius 3 is 2.83 bits per heavy atom. The van der Waals surface area contributed by atoms with E-state index in [4.69, 9.17) is 23.2 Å². The van der Waals surface area contributed by atoms with Gasteiger partial charge in [0, 0.05) is 0 Å². The van der Waals surface area contributed by atoms with Crippen molar-refractivity contribution in [3.63, 3.8) is 0 Å². The highest BCUT2D eigenvalue weighted by Gasteiger charge is 2.26. The second-order valence-electron chi connectivity index (χ2n) is 3.13. The van der Waals surface area contributed by atoms with E-state index < -0.39 is 5.38 Å². The van der Waals surface area contributed by atoms with Gasteiger partial charge in [-0.3, -0.25) is 4.79 Å². The Morgan fingerprint density at radius 2 is 2.33 bits per heavy atom. The molecule has 0 radical (unpaired) electrons. The second-order valence-corrected chi connectivity index (χ2v) is 4.06. The summed E-state index contributed by atoms with van der Waals surface area (Å²) in [5, 5.41) is -0.0845. The van der Waals surface area contributed by atoms with Gasteiger partial charge in [0.05, 0.1) is 10.4 Å². The number of hydrogen-bond acceptors (Lipinski definition) is 1. The van der Waals surface area contributed by atoms with E-state index in [0.29, 0.717) is 11.0 Å². The third-order valence-electron chi connectivity index (χ3n) is 2.07. The fourth-order valence-corrected chi connectivity index (χ4v) is 2.16. The summed E-state index contributed by atoms with van der Waals surface area (Å²) in [6, 6.07) is 0. The predicted molar refractivity (Wildman–Crippen MR) is 51.6 cm³/mol. The molecule has 3 heteroatoms. The van der Waals surface area contributed by atoms with Crippen molar-refractivity contribution in [1.82, 2.24) is 0 Å². The Kier molecular flexibility index (Phi) is 3.60. The molecule has 0 aromatic carbocycles. The van der Waals surface area contributed by atoms with Crippen molar-refractivity contribution in [2.75, 3.05) is 0 Å². The van der Waals surface area contributed by atoms with Crippen LogP contribution in [0.1, 0.15) is 26.2 Å². The standard InChI is InChI=1S/C9H12Cl2O/c1-2-3-6-4-7(10)9(12)8(11)5-6/h4,6,8H,2-3,5H2,1H3. The summed E-state index contributed by atoms with van der Waals surface area (Å²) in [5.41, 5.74) is 0. The molecule has 0 saturated heterocycles. The van der Waals surface area contributed by atoms with E-state index >= 15 is 0 Å². The summed E-state index contributed by atoms with van der Waals surface area (Å²) >= 11 is 11.5. The fraction of sp³-hybridized carbons (Fsp3) is 0.667. The van der Waals surface area contributed by atoms with Crippen molar-refractivity contribution in [1.29, 1.82) is 0 Å². The van der Waals surface area contributed by atoms with Gasteiger partial charge in [0.2, 0.25) is 0 Å². The summed E-state index contributed by atoms with van der Waals surface area (Å²) in [7, 11) is 0. The summed E-state index contributed by atoms with van der Waals surface area (Å²) in [5.74, 6) is 0.272. The minimum absolute atomic E-state index is 0.120. The van der Waals surface area contributed by atoms with E-state index in [0.717, 1.165) is 19.3 Å². The van der Waals surface area contributed by atoms with Gasteiger partial charge in [0.15, 0.2) is 5.78 Å². The van der Waals surface area contributed by atoms with Crippen LogP contribution in [0, 0.1) is 5.92 Å². The maximum Gasteiger partial charge on any atom is 0.191 e. The molecule has 0 bridgehead atoms. The maximum absolute atomic E-state index is 11.1. The van der Waals surface area contributed by atoms with Crippen molar-refractivity contribution in [3.05, 3.63) is 11.1 Å². The topological polar surface area (TPSA) is 17.1 Å². The number of hydrogen-bond donors (Lipinski definition) is 0. The number of Topliss-reactive ketones (excluding diaryl/α,β-unsaturated/α-hetero) is 1. The summed E-state index contributed by atoms with van der Waals surface area (Å²) in [6.07, 6.45) is 4.74. The highest BCUT2D eigenvalue weighted by molar-refractivity contribution is 6.48. The zero-order chi connectivity index (χ0) is 9.14. The molecule has 0 aromatic heterocycles. The van der Waals surface area contributed by atoms with E-state index in [1.807, 2.05) is 6.08 Å². The lowest BCUT2D eigenvalue weighted by atomic mass is 9.91. The lowest BCUT2D eigenvalue weighted by Gasteiger charge is -2.20. The van der Waals surface area contributed by atoms with Crippen molar-refractivity contribution in [2.24, 2.45) is 5.92 Å². The van der Waals surface area contributed by atoms with Crippen LogP contribution in [0.15, 0.2) is 11.1 Å². The zero-order valence-corrected chi connectivity index (χ0v) is 8.53. The molecule has 68 valence electrons. The minimum Gasteiger partial charge on any atom is -0.292 e. The van der Waals surface area contributed by atoms with Crippen molar-refractivity contribution < 1.29 is 4.79 Å². The maximum atomic E-state index is 11.1. The van der Waals surface area contributed by atoms with Crippen molar-refractivity contribution in [2.45, 2.75) is 31.6 Å². The van der Waals surface area contributed by atoms with Crippen LogP contribution >= 0.6 is 23.2 Å². The lowest BCUT2D eigenvalue weighted by molar-refractivity contribution is -0.115. The molecular formula is C9H12Cl2O. The zero-order valence-electron chi connectivity index (χ0n) is 7.02. The number of carbonyl (C=O) groups excluding carboxylic acids is 1. The van der Waals surface area contributed by atoms with Gasteiger partial charge in [0.1, 0.15) is 0 Å². The van der Waals surface area contributed by atoms with Crippen LogP contribution in [-0.4, -0.2) is 11.2 Å². The normalized spacial score (nSPS) is 30.2. The first-order valence-corrected chi connectivity index (χ1v) is 5.02. The monoisotopic (exact) mass is 206 g/mol. The van der Waals surface area contributed by atoms with E-state index in [1.54, 1.807) is 0 Å². The van der Waals surface area contributed by atoms with Gasteiger partial charge in [-0.2, -0.15) is 0 Å². The number of allylic oxidation sites excluding steroid dienone is 2. The molecule has 0 N–H and O–H groups in total. The third kappa shape index (κ3) is 2.24. The van der Waals surface area contributed by atoms with Crippen LogP contribution in [0.3, 0.4) is 0 Å². The summed E-state index contributed by atoms with van der Waals surface area (Å²) in [6.45, 7) is 2.11. The Morgan fingerprint density at radius 1 is 1.67 bits per heavy atom. The average Bonchev–Trinajstić information content (AvgIpc) is 2.01. The largest absolute Gasteiger partial charge is 0.292 e. The van der Waals surface area contributed by atoms with Gasteiger partial charge in [-0.25, -0.2) is 0 Å². The molecule has 2 unspecified atom stereocenters. The highest BCUT2D eigenvalue weighted by atomic mass is 35.5. The molecule has 1 nitrogen and oxygen atoms in total.